The molecule has 0 spiro atoms. The Balaban J connectivity index is 2.35. The van der Waals surface area contributed by atoms with Gasteiger partial charge in [0.05, 0.1) is 0 Å². The summed E-state index contributed by atoms with van der Waals surface area (Å²) in [5, 5.41) is 0. The predicted octanol–water partition coefficient (Wildman–Crippen LogP) is 2.99. The number of hydrogen-bond donors (Lipinski definition) is 1. The smallest absolute Gasteiger partial charge is 0.150 e. The Morgan fingerprint density at radius 1 is 1.50 bits per heavy atom. The highest BCUT2D eigenvalue weighted by atomic mass is 79.9. The minimum absolute atomic E-state index is 0.303. The molecule has 1 saturated carbocycles. The number of para-hydroxylation sites is 1. The van der Waals surface area contributed by atoms with E-state index in [2.05, 4.69) is 20.9 Å². The molecule has 4 heteroatoms. The van der Waals surface area contributed by atoms with Crippen LogP contribution < -0.4 is 5.73 Å². The summed E-state index contributed by atoms with van der Waals surface area (Å²) in [7, 11) is 0. The Bertz CT molecular complexity index is 365. The fraction of sp³-hybridized carbons (Fsp3) is 0.300. The van der Waals surface area contributed by atoms with Crippen molar-refractivity contribution in [2.75, 3.05) is 0 Å². The van der Waals surface area contributed by atoms with Gasteiger partial charge in [-0.05, 0) is 40.9 Å². The van der Waals surface area contributed by atoms with Crippen LogP contribution in [0.3, 0.4) is 0 Å². The van der Waals surface area contributed by atoms with Crippen LogP contribution in [-0.2, 0) is 0 Å². The van der Waals surface area contributed by atoms with E-state index in [9.17, 15) is 4.39 Å². The van der Waals surface area contributed by atoms with Gasteiger partial charge in [-0.3, -0.25) is 0 Å². The lowest BCUT2D eigenvalue weighted by Gasteiger charge is -2.01. The number of nitrogens with zero attached hydrogens (tertiary/aromatic N) is 1. The summed E-state index contributed by atoms with van der Waals surface area (Å²) in [6.07, 6.45) is 2.14. The van der Waals surface area contributed by atoms with E-state index in [4.69, 9.17) is 5.73 Å². The average Bonchev–Trinajstić information content (AvgIpc) is 2.94. The molecule has 1 aliphatic rings. The van der Waals surface area contributed by atoms with Crippen molar-refractivity contribution < 1.29 is 4.39 Å². The maximum absolute atomic E-state index is 13.3. The second-order valence-corrected chi connectivity index (χ2v) is 4.24. The molecule has 2 nitrogen and oxygen atoms in total. The molecule has 2 rings (SSSR count). The highest BCUT2D eigenvalue weighted by Crippen LogP contribution is 2.33. The summed E-state index contributed by atoms with van der Waals surface area (Å²) in [6, 6.07) is 4.76. The molecular weight excluding hydrogens is 247 g/mol. The predicted molar refractivity (Wildman–Crippen MR) is 58.1 cm³/mol. The second-order valence-electron chi connectivity index (χ2n) is 3.38. The molecule has 0 saturated heterocycles. The lowest BCUT2D eigenvalue weighted by molar-refractivity contribution is 0.629. The zero-order valence-electron chi connectivity index (χ0n) is 7.50. The molecule has 1 aliphatic carbocycles. The van der Waals surface area contributed by atoms with Gasteiger partial charge >= 0.3 is 0 Å². The zero-order chi connectivity index (χ0) is 10.1. The molecule has 1 fully saturated rings. The van der Waals surface area contributed by atoms with Crippen LogP contribution in [0.25, 0.3) is 0 Å². The number of benzene rings is 1. The Hall–Kier alpha value is -0.900. The maximum Gasteiger partial charge on any atom is 0.150 e. The van der Waals surface area contributed by atoms with Gasteiger partial charge in [-0.1, -0.05) is 6.07 Å². The summed E-state index contributed by atoms with van der Waals surface area (Å²) in [6.45, 7) is 0. The summed E-state index contributed by atoms with van der Waals surface area (Å²) in [4.78, 5) is 4.09. The minimum atomic E-state index is -0.344. The first-order valence-electron chi connectivity index (χ1n) is 4.46. The SMILES string of the molecule is NC(=Nc1c(F)cccc1Br)C1CC1. The number of rotatable bonds is 2. The van der Waals surface area contributed by atoms with Crippen molar-refractivity contribution in [3.05, 3.63) is 28.5 Å². The lowest BCUT2D eigenvalue weighted by Crippen LogP contribution is -2.13. The topological polar surface area (TPSA) is 38.4 Å². The second kappa shape index (κ2) is 3.69. The van der Waals surface area contributed by atoms with E-state index in [0.29, 0.717) is 21.9 Å². The molecule has 0 bridgehead atoms. The van der Waals surface area contributed by atoms with Gasteiger partial charge in [0, 0.05) is 10.4 Å². The molecule has 0 heterocycles. The van der Waals surface area contributed by atoms with Crippen molar-refractivity contribution in [3.8, 4) is 0 Å². The van der Waals surface area contributed by atoms with Crippen LogP contribution >= 0.6 is 15.9 Å². The van der Waals surface area contributed by atoms with Gasteiger partial charge in [-0.15, -0.1) is 0 Å². The van der Waals surface area contributed by atoms with Crippen LogP contribution in [0.4, 0.5) is 10.1 Å². The molecule has 14 heavy (non-hydrogen) atoms. The van der Waals surface area contributed by atoms with E-state index in [0.717, 1.165) is 12.8 Å². The third-order valence-corrected chi connectivity index (χ3v) is 2.81. The van der Waals surface area contributed by atoms with Crippen molar-refractivity contribution in [2.24, 2.45) is 16.6 Å². The molecule has 1 aromatic carbocycles. The molecular formula is C10H10BrFN2. The van der Waals surface area contributed by atoms with Crippen LogP contribution in [-0.4, -0.2) is 5.84 Å². The molecule has 1 aromatic rings. The maximum atomic E-state index is 13.3. The molecule has 0 radical (unpaired) electrons. The monoisotopic (exact) mass is 256 g/mol. The first kappa shape index (κ1) is 9.65. The number of aliphatic imine (C=N–C) groups is 1. The molecule has 2 N–H and O–H groups in total. The Morgan fingerprint density at radius 2 is 2.21 bits per heavy atom. The van der Waals surface area contributed by atoms with Crippen LogP contribution in [0.2, 0.25) is 0 Å². The van der Waals surface area contributed by atoms with Gasteiger partial charge in [-0.25, -0.2) is 9.38 Å². The number of hydrogen-bond acceptors (Lipinski definition) is 1. The average molecular weight is 257 g/mol. The number of amidine groups is 1. The highest BCUT2D eigenvalue weighted by molar-refractivity contribution is 9.10. The first-order valence-corrected chi connectivity index (χ1v) is 5.26. The fourth-order valence-electron chi connectivity index (χ4n) is 1.20. The molecule has 0 amide bonds. The van der Waals surface area contributed by atoms with E-state index >= 15 is 0 Å². The van der Waals surface area contributed by atoms with Gasteiger partial charge < -0.3 is 5.73 Å². The number of nitrogens with two attached hydrogens (primary N) is 1. The van der Waals surface area contributed by atoms with Crippen LogP contribution in [0.5, 0.6) is 0 Å². The molecule has 74 valence electrons. The van der Waals surface area contributed by atoms with E-state index in [1.165, 1.54) is 6.07 Å². The highest BCUT2D eigenvalue weighted by Gasteiger charge is 2.25. The largest absolute Gasteiger partial charge is 0.387 e. The van der Waals surface area contributed by atoms with Crippen molar-refractivity contribution in [1.29, 1.82) is 0 Å². The first-order chi connectivity index (χ1) is 6.68. The molecule has 0 aliphatic heterocycles. The van der Waals surface area contributed by atoms with E-state index < -0.39 is 0 Å². The van der Waals surface area contributed by atoms with Gasteiger partial charge in [0.2, 0.25) is 0 Å². The molecule has 0 unspecified atom stereocenters. The number of halogens is 2. The van der Waals surface area contributed by atoms with Crippen molar-refractivity contribution >= 4 is 27.5 Å². The van der Waals surface area contributed by atoms with Gasteiger partial charge in [0.25, 0.3) is 0 Å². The Labute approximate surface area is 90.2 Å². The van der Waals surface area contributed by atoms with E-state index in [1.807, 2.05) is 0 Å². The summed E-state index contributed by atoms with van der Waals surface area (Å²) in [5.74, 6) is 0.556. The van der Waals surface area contributed by atoms with Crippen LogP contribution in [0.1, 0.15) is 12.8 Å². The quantitative estimate of drug-likeness (QED) is 0.642. The van der Waals surface area contributed by atoms with Crippen molar-refractivity contribution in [1.82, 2.24) is 0 Å². The van der Waals surface area contributed by atoms with E-state index in [-0.39, 0.29) is 5.82 Å². The molecule has 0 atom stereocenters. The van der Waals surface area contributed by atoms with Gasteiger partial charge in [0.15, 0.2) is 0 Å². The summed E-state index contributed by atoms with van der Waals surface area (Å²) < 4.78 is 13.9. The van der Waals surface area contributed by atoms with Crippen molar-refractivity contribution in [3.63, 3.8) is 0 Å². The zero-order valence-corrected chi connectivity index (χ0v) is 9.09. The Kier molecular flexibility index (Phi) is 2.54. The molecule has 0 aromatic heterocycles. The lowest BCUT2D eigenvalue weighted by atomic mass is 10.3. The standard InChI is InChI=1S/C10H10BrFN2/c11-7-2-1-3-8(12)9(7)14-10(13)6-4-5-6/h1-3,6H,4-5H2,(H2,13,14). The van der Waals surface area contributed by atoms with Gasteiger partial charge in [0.1, 0.15) is 17.3 Å². The summed E-state index contributed by atoms with van der Waals surface area (Å²) >= 11 is 3.24. The third-order valence-electron chi connectivity index (χ3n) is 2.17. The fourth-order valence-corrected chi connectivity index (χ4v) is 1.63. The van der Waals surface area contributed by atoms with E-state index in [1.54, 1.807) is 12.1 Å². The van der Waals surface area contributed by atoms with Gasteiger partial charge in [-0.2, -0.15) is 0 Å². The third kappa shape index (κ3) is 1.95. The van der Waals surface area contributed by atoms with Crippen LogP contribution in [0.15, 0.2) is 27.7 Å². The summed E-state index contributed by atoms with van der Waals surface area (Å²) in [5.41, 5.74) is 6.01. The minimum Gasteiger partial charge on any atom is -0.387 e. The van der Waals surface area contributed by atoms with Crippen LogP contribution in [0, 0.1) is 11.7 Å². The van der Waals surface area contributed by atoms with Crippen molar-refractivity contribution in [2.45, 2.75) is 12.8 Å². The normalized spacial score (nSPS) is 17.1. The Morgan fingerprint density at radius 3 is 2.79 bits per heavy atom.